The van der Waals surface area contributed by atoms with E-state index in [-0.39, 0.29) is 13.2 Å². The van der Waals surface area contributed by atoms with Crippen LogP contribution >= 0.6 is 7.60 Å². The number of imide groups is 1. The molecule has 24 heavy (non-hydrogen) atoms. The second-order valence-electron chi connectivity index (χ2n) is 5.17. The molecular formula is C16H22NO6P. The Kier molecular flexibility index (Phi) is 6.69. The van der Waals surface area contributed by atoms with E-state index < -0.39 is 19.4 Å². The molecule has 2 amide bonds. The van der Waals surface area contributed by atoms with Gasteiger partial charge in [-0.05, 0) is 31.9 Å². The van der Waals surface area contributed by atoms with Gasteiger partial charge in [0.1, 0.15) is 0 Å². The van der Waals surface area contributed by atoms with E-state index in [2.05, 4.69) is 0 Å². The molecule has 0 aromatic heterocycles. The highest BCUT2D eigenvalue weighted by Gasteiger charge is 2.36. The molecule has 0 aliphatic carbocycles. The standard InChI is InChI=1S/C16H22NO6P/c1-3-22-24(20,4-2)23-12-8-7-11-21-17-15(18)13-9-5-6-10-14(13)16(17)19/h5-6,9-10H,3-4,7-8,11-12H2,1-2H3. The molecular weight excluding hydrogens is 333 g/mol. The molecule has 0 bridgehead atoms. The first-order valence-corrected chi connectivity index (χ1v) is 9.74. The maximum atomic E-state index is 12.1. The number of amides is 2. The summed E-state index contributed by atoms with van der Waals surface area (Å²) in [7, 11) is -2.99. The quantitative estimate of drug-likeness (QED) is 0.364. The van der Waals surface area contributed by atoms with E-state index in [0.717, 1.165) is 5.06 Å². The summed E-state index contributed by atoms with van der Waals surface area (Å²) < 4.78 is 22.5. The number of hydroxylamine groups is 2. The average molecular weight is 355 g/mol. The van der Waals surface area contributed by atoms with E-state index in [9.17, 15) is 14.2 Å². The molecule has 132 valence electrons. The summed E-state index contributed by atoms with van der Waals surface area (Å²) in [5.41, 5.74) is 0.706. The Morgan fingerprint density at radius 3 is 2.08 bits per heavy atom. The third-order valence-corrected chi connectivity index (χ3v) is 5.52. The van der Waals surface area contributed by atoms with E-state index in [0.29, 0.717) is 36.7 Å². The van der Waals surface area contributed by atoms with Crippen molar-refractivity contribution in [3.63, 3.8) is 0 Å². The largest absolute Gasteiger partial charge is 0.330 e. The van der Waals surface area contributed by atoms with Gasteiger partial charge in [-0.2, -0.15) is 0 Å². The van der Waals surface area contributed by atoms with E-state index in [1.807, 2.05) is 0 Å². The summed E-state index contributed by atoms with van der Waals surface area (Å²) in [5.74, 6) is -0.891. The first-order valence-electron chi connectivity index (χ1n) is 8.01. The molecule has 1 heterocycles. The van der Waals surface area contributed by atoms with Crippen molar-refractivity contribution < 1.29 is 28.0 Å². The van der Waals surface area contributed by atoms with E-state index in [4.69, 9.17) is 13.9 Å². The van der Waals surface area contributed by atoms with Gasteiger partial charge in [-0.1, -0.05) is 19.1 Å². The highest BCUT2D eigenvalue weighted by atomic mass is 31.2. The van der Waals surface area contributed by atoms with Gasteiger partial charge in [0.15, 0.2) is 0 Å². The van der Waals surface area contributed by atoms with Crippen molar-refractivity contribution in [2.45, 2.75) is 26.7 Å². The Hall–Kier alpha value is -1.53. The smallest absolute Gasteiger partial charge is 0.309 e. The fourth-order valence-electron chi connectivity index (χ4n) is 2.26. The van der Waals surface area contributed by atoms with Crippen molar-refractivity contribution in [2.24, 2.45) is 0 Å². The van der Waals surface area contributed by atoms with E-state index in [1.54, 1.807) is 38.1 Å². The van der Waals surface area contributed by atoms with Gasteiger partial charge in [0.25, 0.3) is 11.8 Å². The van der Waals surface area contributed by atoms with Gasteiger partial charge in [-0.3, -0.25) is 19.0 Å². The van der Waals surface area contributed by atoms with E-state index in [1.165, 1.54) is 0 Å². The van der Waals surface area contributed by atoms with Crippen molar-refractivity contribution in [1.82, 2.24) is 5.06 Å². The van der Waals surface area contributed by atoms with Gasteiger partial charge in [0.2, 0.25) is 0 Å². The van der Waals surface area contributed by atoms with Crippen LogP contribution in [-0.4, -0.2) is 42.9 Å². The van der Waals surface area contributed by atoms with Gasteiger partial charge < -0.3 is 9.05 Å². The molecule has 2 rings (SSSR count). The minimum atomic E-state index is -2.99. The molecule has 1 aromatic rings. The number of hydrogen-bond donors (Lipinski definition) is 0. The van der Waals surface area contributed by atoms with Crippen LogP contribution in [-0.2, 0) is 18.5 Å². The number of carbonyl (C=O) groups is 2. The highest BCUT2D eigenvalue weighted by Crippen LogP contribution is 2.47. The Bertz CT molecular complexity index is 612. The zero-order valence-corrected chi connectivity index (χ0v) is 14.8. The minimum absolute atomic E-state index is 0.194. The van der Waals surface area contributed by atoms with Crippen molar-refractivity contribution in [2.75, 3.05) is 26.0 Å². The van der Waals surface area contributed by atoms with Gasteiger partial charge >= 0.3 is 7.60 Å². The molecule has 1 aliphatic heterocycles. The number of carbonyl (C=O) groups excluding carboxylic acids is 2. The van der Waals surface area contributed by atoms with Crippen molar-refractivity contribution in [3.8, 4) is 0 Å². The third-order valence-electron chi connectivity index (χ3n) is 3.52. The fraction of sp³-hybridized carbons (Fsp3) is 0.500. The second kappa shape index (κ2) is 8.53. The highest BCUT2D eigenvalue weighted by molar-refractivity contribution is 7.53. The third kappa shape index (κ3) is 4.30. The van der Waals surface area contributed by atoms with E-state index >= 15 is 0 Å². The number of rotatable bonds is 10. The molecule has 0 N–H and O–H groups in total. The van der Waals surface area contributed by atoms with Crippen LogP contribution in [0, 0.1) is 0 Å². The van der Waals surface area contributed by atoms with Gasteiger partial charge in [0.05, 0.1) is 30.9 Å². The maximum absolute atomic E-state index is 12.1. The molecule has 8 heteroatoms. The van der Waals surface area contributed by atoms with Crippen LogP contribution in [0.3, 0.4) is 0 Å². The average Bonchev–Trinajstić information content (AvgIpc) is 2.83. The van der Waals surface area contributed by atoms with Crippen LogP contribution < -0.4 is 0 Å². The predicted molar refractivity (Wildman–Crippen MR) is 87.9 cm³/mol. The summed E-state index contributed by atoms with van der Waals surface area (Å²) in [4.78, 5) is 29.4. The summed E-state index contributed by atoms with van der Waals surface area (Å²) >= 11 is 0. The zero-order valence-electron chi connectivity index (χ0n) is 13.9. The Morgan fingerprint density at radius 1 is 0.958 bits per heavy atom. The molecule has 0 radical (unpaired) electrons. The second-order valence-corrected chi connectivity index (χ2v) is 7.54. The molecule has 1 aliphatic rings. The Labute approximate surface area is 141 Å². The molecule has 1 aromatic carbocycles. The maximum Gasteiger partial charge on any atom is 0.330 e. The zero-order chi connectivity index (χ0) is 17.6. The lowest BCUT2D eigenvalue weighted by molar-refractivity contribution is -0.0925. The van der Waals surface area contributed by atoms with Crippen LogP contribution in [0.4, 0.5) is 0 Å². The first kappa shape index (κ1) is 18.8. The normalized spacial score (nSPS) is 16.3. The number of fused-ring (bicyclic) bond motifs is 1. The summed E-state index contributed by atoms with van der Waals surface area (Å²) in [6, 6.07) is 6.61. The summed E-state index contributed by atoms with van der Waals surface area (Å²) in [6.45, 7) is 4.33. The van der Waals surface area contributed by atoms with Crippen LogP contribution in [0.15, 0.2) is 24.3 Å². The summed E-state index contributed by atoms with van der Waals surface area (Å²) in [6.07, 6.45) is 1.47. The lowest BCUT2D eigenvalue weighted by atomic mass is 10.1. The molecule has 1 atom stereocenters. The summed E-state index contributed by atoms with van der Waals surface area (Å²) in [5, 5.41) is 0.794. The number of nitrogens with zero attached hydrogens (tertiary/aromatic N) is 1. The van der Waals surface area contributed by atoms with Gasteiger partial charge in [0, 0.05) is 6.16 Å². The van der Waals surface area contributed by atoms with Crippen LogP contribution in [0.1, 0.15) is 47.4 Å². The topological polar surface area (TPSA) is 82.1 Å². The predicted octanol–water partition coefficient (Wildman–Crippen LogP) is 3.26. The van der Waals surface area contributed by atoms with Crippen LogP contribution in [0.25, 0.3) is 0 Å². The van der Waals surface area contributed by atoms with Crippen LogP contribution in [0.2, 0.25) is 0 Å². The molecule has 0 saturated carbocycles. The molecule has 0 fully saturated rings. The van der Waals surface area contributed by atoms with Crippen molar-refractivity contribution in [1.29, 1.82) is 0 Å². The van der Waals surface area contributed by atoms with Crippen molar-refractivity contribution >= 4 is 19.4 Å². The molecule has 0 saturated heterocycles. The Balaban J connectivity index is 1.72. The number of unbranched alkanes of at least 4 members (excludes halogenated alkanes) is 1. The molecule has 7 nitrogen and oxygen atoms in total. The van der Waals surface area contributed by atoms with Crippen LogP contribution in [0.5, 0.6) is 0 Å². The minimum Gasteiger partial charge on any atom is -0.309 e. The fourth-order valence-corrected chi connectivity index (χ4v) is 3.50. The van der Waals surface area contributed by atoms with Crippen molar-refractivity contribution in [3.05, 3.63) is 35.4 Å². The lowest BCUT2D eigenvalue weighted by Crippen LogP contribution is -2.30. The molecule has 1 unspecified atom stereocenters. The SMILES string of the molecule is CCOP(=O)(CC)OCCCCON1C(=O)c2ccccc2C1=O. The number of benzene rings is 1. The molecule has 0 spiro atoms. The lowest BCUT2D eigenvalue weighted by Gasteiger charge is -2.16. The van der Waals surface area contributed by atoms with Gasteiger partial charge in [-0.25, -0.2) is 0 Å². The number of hydrogen-bond acceptors (Lipinski definition) is 6. The van der Waals surface area contributed by atoms with Gasteiger partial charge in [-0.15, -0.1) is 5.06 Å². The first-order chi connectivity index (χ1) is 11.5. The monoisotopic (exact) mass is 355 g/mol. The Morgan fingerprint density at radius 2 is 1.54 bits per heavy atom.